The van der Waals surface area contributed by atoms with E-state index in [-0.39, 0.29) is 36.2 Å². The molecule has 16 heteroatoms. The van der Waals surface area contributed by atoms with Gasteiger partial charge in [-0.05, 0) is 128 Å². The molecule has 0 N–H and O–H groups in total. The van der Waals surface area contributed by atoms with Gasteiger partial charge < -0.3 is 24.8 Å². The summed E-state index contributed by atoms with van der Waals surface area (Å²) in [5, 5.41) is 41.6. The minimum atomic E-state index is -0.440. The van der Waals surface area contributed by atoms with Gasteiger partial charge in [0.05, 0.1) is 31.2 Å². The van der Waals surface area contributed by atoms with Crippen LogP contribution >= 0.6 is 0 Å². The molecule has 0 spiro atoms. The summed E-state index contributed by atoms with van der Waals surface area (Å²) in [6.45, 7) is 0. The van der Waals surface area contributed by atoms with Gasteiger partial charge in [-0.1, -0.05) is 36.4 Å². The number of tetrazole rings is 2. The highest BCUT2D eigenvalue weighted by Crippen LogP contribution is 2.23. The smallest absolute Gasteiger partial charge is 0.340 e. The Kier molecular flexibility index (Phi) is 10.6. The van der Waals surface area contributed by atoms with Crippen LogP contribution in [0.2, 0.25) is 0 Å². The number of non-ortho nitro benzene ring substituents is 2. The zero-order chi connectivity index (χ0) is 35.6. The Morgan fingerprint density at radius 2 is 0.759 bits per heavy atom. The van der Waals surface area contributed by atoms with Crippen LogP contribution in [0, 0.1) is 20.2 Å². The van der Waals surface area contributed by atoms with E-state index in [1.54, 1.807) is 43.5 Å². The van der Waals surface area contributed by atoms with Crippen molar-refractivity contribution in [1.82, 2.24) is 30.0 Å². The highest BCUT2D eigenvalue weighted by atomic mass is 35.5. The quantitative estimate of drug-likeness (QED) is 0.115. The fraction of sp³-hybridized carbons (Fsp3) is 0. The molecule has 0 bridgehead atoms. The first kappa shape index (κ1) is 36.6. The van der Waals surface area contributed by atoms with E-state index in [2.05, 4.69) is 0 Å². The average molecular weight is 758 g/mol. The van der Waals surface area contributed by atoms with E-state index in [4.69, 9.17) is 20.4 Å². The lowest BCUT2D eigenvalue weighted by Gasteiger charge is -2.05. The molecule has 54 heavy (non-hydrogen) atoms. The number of nitrogens with zero attached hydrogens (tertiary/aromatic N) is 10. The molecule has 0 aliphatic carbocycles. The van der Waals surface area contributed by atoms with Crippen LogP contribution in [0.1, 0.15) is 0 Å². The molecule has 0 unspecified atom stereocenters. The van der Waals surface area contributed by atoms with Crippen molar-refractivity contribution < 1.29 is 44.3 Å². The van der Waals surface area contributed by atoms with Gasteiger partial charge in [-0.25, -0.2) is 0 Å². The minimum absolute atomic E-state index is 0. The molecule has 0 amide bonds. The fourth-order valence-corrected chi connectivity index (χ4v) is 5.63. The normalized spacial score (nSPS) is 10.6. The van der Waals surface area contributed by atoms with Crippen molar-refractivity contribution in [3.8, 4) is 56.7 Å². The number of nitro benzene ring substituents is 2. The number of halogens is 2. The molecule has 0 fully saturated rings. The fourth-order valence-electron chi connectivity index (χ4n) is 5.63. The Labute approximate surface area is 319 Å². The number of nitro groups is 2. The third-order valence-corrected chi connectivity index (χ3v) is 8.29. The average Bonchev–Trinajstić information content (AvgIpc) is 3.85. The van der Waals surface area contributed by atoms with Gasteiger partial charge in [0.1, 0.15) is 11.4 Å². The number of aromatic nitrogens is 8. The van der Waals surface area contributed by atoms with Crippen molar-refractivity contribution in [3.05, 3.63) is 178 Å². The van der Waals surface area contributed by atoms with Crippen molar-refractivity contribution in [2.24, 2.45) is 0 Å². The number of hydrogen-bond donors (Lipinski definition) is 0. The van der Waals surface area contributed by atoms with Crippen LogP contribution in [0.15, 0.2) is 158 Å². The molecule has 14 nitrogen and oxygen atoms in total. The zero-order valence-electron chi connectivity index (χ0n) is 27.9. The van der Waals surface area contributed by atoms with E-state index in [9.17, 15) is 20.2 Å². The molecule has 0 saturated carbocycles. The third kappa shape index (κ3) is 7.27. The van der Waals surface area contributed by atoms with E-state index < -0.39 is 9.85 Å². The maximum Gasteiger partial charge on any atom is 0.340 e. The van der Waals surface area contributed by atoms with Crippen LogP contribution in [-0.4, -0.2) is 39.8 Å². The van der Waals surface area contributed by atoms with E-state index in [1.165, 1.54) is 24.3 Å². The first-order valence-electron chi connectivity index (χ1n) is 16.0. The zero-order valence-corrected chi connectivity index (χ0v) is 29.4. The summed E-state index contributed by atoms with van der Waals surface area (Å²) in [6.07, 6.45) is 0. The Bertz CT molecular complexity index is 2370. The van der Waals surface area contributed by atoms with E-state index in [0.717, 1.165) is 33.6 Å². The monoisotopic (exact) mass is 756 g/mol. The molecule has 0 radical (unpaired) electrons. The van der Waals surface area contributed by atoms with Crippen LogP contribution in [0.5, 0.6) is 0 Å². The summed E-state index contributed by atoms with van der Waals surface area (Å²) in [5.74, 6) is 0.987. The van der Waals surface area contributed by atoms with E-state index in [1.807, 2.05) is 109 Å². The van der Waals surface area contributed by atoms with Gasteiger partial charge in [0.25, 0.3) is 11.4 Å². The third-order valence-electron chi connectivity index (χ3n) is 8.29. The van der Waals surface area contributed by atoms with Gasteiger partial charge >= 0.3 is 11.6 Å². The van der Waals surface area contributed by atoms with Gasteiger partial charge in [-0.3, -0.25) is 20.2 Å². The molecule has 8 rings (SSSR count). The van der Waals surface area contributed by atoms with Crippen molar-refractivity contribution in [1.29, 1.82) is 0 Å². The summed E-state index contributed by atoms with van der Waals surface area (Å²) in [6, 6.07) is 47.1. The summed E-state index contributed by atoms with van der Waals surface area (Å²) in [5.41, 5.74) is 6.19. The first-order valence-corrected chi connectivity index (χ1v) is 16.0. The summed E-state index contributed by atoms with van der Waals surface area (Å²) >= 11 is 0. The molecule has 266 valence electrons. The maximum atomic E-state index is 11.3. The number of benzene rings is 6. The van der Waals surface area contributed by atoms with Gasteiger partial charge in [0.15, 0.2) is 11.4 Å². The lowest BCUT2D eigenvalue weighted by Crippen LogP contribution is -3.00. The largest absolute Gasteiger partial charge is 1.00 e. The lowest BCUT2D eigenvalue weighted by atomic mass is 10.1. The maximum absolute atomic E-state index is 11.3. The van der Waals surface area contributed by atoms with Crippen molar-refractivity contribution in [2.75, 3.05) is 0 Å². The molecule has 6 aromatic carbocycles. The second-order valence-corrected chi connectivity index (χ2v) is 11.6. The number of hydrogen-bond acceptors (Lipinski definition) is 8. The summed E-state index contributed by atoms with van der Waals surface area (Å²) < 4.78 is 0. The SMILES string of the molecule is O=[N+]([O-])c1ccc(-n2nc(-c3ccccc3)n[n+]2-c2ccc(-c3ccc(-[n+]4nc(-c5ccccc5)nn4-c4ccc([N+](=O)[O-])cc4)cc3)cc2)cc1.[Cl-].[Cl-]. The van der Waals surface area contributed by atoms with Crippen LogP contribution in [0.3, 0.4) is 0 Å². The molecule has 0 saturated heterocycles. The Balaban J connectivity index is 0.00000249. The number of rotatable bonds is 9. The Morgan fingerprint density at radius 3 is 1.07 bits per heavy atom. The molecule has 0 aliphatic rings. The second kappa shape index (κ2) is 15.6. The molecule has 2 aromatic heterocycles. The standard InChI is InChI=1S/C38H26N10O4.2ClH/c49-47(50)35-23-19-33(20-24-35)45-41-37(29-7-3-1-4-8-29)39-43(45)31-15-11-27(12-16-31)28-13-17-32(18-14-28)44-40-38(30-9-5-2-6-10-30)42-46(44)34-21-25-36(26-22-34)48(51)52;;/h1-26H;2*1H/q+2;;/p-2. The Hall–Kier alpha value is -7.16. The second-order valence-electron chi connectivity index (χ2n) is 11.6. The molecular weight excluding hydrogens is 731 g/mol. The molecule has 0 aliphatic heterocycles. The van der Waals surface area contributed by atoms with Gasteiger partial charge in [0.2, 0.25) is 0 Å². The first-order chi connectivity index (χ1) is 25.4. The van der Waals surface area contributed by atoms with E-state index >= 15 is 0 Å². The van der Waals surface area contributed by atoms with Crippen LogP contribution in [-0.2, 0) is 0 Å². The van der Waals surface area contributed by atoms with Gasteiger partial charge in [-0.2, -0.15) is 0 Å². The predicted molar refractivity (Wildman–Crippen MR) is 189 cm³/mol. The molecule has 8 aromatic rings. The summed E-state index contributed by atoms with van der Waals surface area (Å²) in [7, 11) is 0. The van der Waals surface area contributed by atoms with E-state index in [0.29, 0.717) is 23.0 Å². The highest BCUT2D eigenvalue weighted by molar-refractivity contribution is 5.65. The van der Waals surface area contributed by atoms with Crippen molar-refractivity contribution in [2.45, 2.75) is 0 Å². The molecule has 0 atom stereocenters. The lowest BCUT2D eigenvalue weighted by molar-refractivity contribution is -0.734. The van der Waals surface area contributed by atoms with Crippen LogP contribution in [0.25, 0.3) is 56.7 Å². The van der Waals surface area contributed by atoms with Gasteiger partial charge in [0, 0.05) is 33.9 Å². The highest BCUT2D eigenvalue weighted by Gasteiger charge is 2.26. The van der Waals surface area contributed by atoms with Crippen LogP contribution in [0.4, 0.5) is 11.4 Å². The topological polar surface area (TPSA) is 155 Å². The molecular formula is C38H26Cl2N10O4. The van der Waals surface area contributed by atoms with Crippen LogP contribution < -0.4 is 34.4 Å². The van der Waals surface area contributed by atoms with Crippen molar-refractivity contribution >= 4 is 11.4 Å². The summed E-state index contributed by atoms with van der Waals surface area (Å²) in [4.78, 5) is 28.2. The predicted octanol–water partition coefficient (Wildman–Crippen LogP) is 0.227. The van der Waals surface area contributed by atoms with Gasteiger partial charge in [-0.15, -0.1) is 0 Å². The minimum Gasteiger partial charge on any atom is -1.00 e. The Morgan fingerprint density at radius 1 is 0.426 bits per heavy atom. The van der Waals surface area contributed by atoms with Crippen molar-refractivity contribution in [3.63, 3.8) is 0 Å². The molecule has 2 heterocycles.